The van der Waals surface area contributed by atoms with E-state index in [4.69, 9.17) is 9.47 Å². The fraction of sp³-hybridized carbons (Fsp3) is 0.333. The SMILES string of the molecule is OC(c1cccc(OCc2ccccc2)c1)C1CCOC1. The molecular formula is C18H20O3. The molecule has 110 valence electrons. The van der Waals surface area contributed by atoms with Crippen LogP contribution in [0.15, 0.2) is 54.6 Å². The molecule has 2 aromatic carbocycles. The van der Waals surface area contributed by atoms with Gasteiger partial charge in [0.2, 0.25) is 0 Å². The predicted octanol–water partition coefficient (Wildman–Crippen LogP) is 3.34. The second-order valence-corrected chi connectivity index (χ2v) is 5.42. The smallest absolute Gasteiger partial charge is 0.120 e. The van der Waals surface area contributed by atoms with E-state index in [-0.39, 0.29) is 5.92 Å². The summed E-state index contributed by atoms with van der Waals surface area (Å²) in [4.78, 5) is 0. The van der Waals surface area contributed by atoms with E-state index in [9.17, 15) is 5.11 Å². The fourth-order valence-corrected chi connectivity index (χ4v) is 2.60. The van der Waals surface area contributed by atoms with Crippen molar-refractivity contribution in [1.82, 2.24) is 0 Å². The Kier molecular flexibility index (Phi) is 4.53. The van der Waals surface area contributed by atoms with Crippen molar-refractivity contribution in [2.45, 2.75) is 19.1 Å². The van der Waals surface area contributed by atoms with E-state index in [0.717, 1.165) is 29.9 Å². The summed E-state index contributed by atoms with van der Waals surface area (Å²) in [6.45, 7) is 1.91. The van der Waals surface area contributed by atoms with Crippen molar-refractivity contribution in [2.24, 2.45) is 5.92 Å². The molecule has 1 heterocycles. The van der Waals surface area contributed by atoms with Crippen molar-refractivity contribution in [3.8, 4) is 5.75 Å². The van der Waals surface area contributed by atoms with Gasteiger partial charge in [-0.25, -0.2) is 0 Å². The van der Waals surface area contributed by atoms with Gasteiger partial charge in [0.1, 0.15) is 12.4 Å². The second-order valence-electron chi connectivity index (χ2n) is 5.42. The molecule has 2 aromatic rings. The standard InChI is InChI=1S/C18H20O3/c19-18(16-9-10-20-13-16)15-7-4-8-17(11-15)21-12-14-5-2-1-3-6-14/h1-8,11,16,18-19H,9-10,12-13H2. The van der Waals surface area contributed by atoms with Crippen LogP contribution in [0, 0.1) is 5.92 Å². The zero-order valence-corrected chi connectivity index (χ0v) is 11.9. The van der Waals surface area contributed by atoms with E-state index in [0.29, 0.717) is 13.2 Å². The van der Waals surface area contributed by atoms with Crippen LogP contribution in [-0.4, -0.2) is 18.3 Å². The van der Waals surface area contributed by atoms with Crippen molar-refractivity contribution >= 4 is 0 Å². The fourth-order valence-electron chi connectivity index (χ4n) is 2.60. The third-order valence-electron chi connectivity index (χ3n) is 3.86. The summed E-state index contributed by atoms with van der Waals surface area (Å²) in [6.07, 6.45) is 0.434. The van der Waals surface area contributed by atoms with Gasteiger partial charge in [-0.05, 0) is 29.7 Å². The molecule has 0 radical (unpaired) electrons. The summed E-state index contributed by atoms with van der Waals surface area (Å²) in [7, 11) is 0. The van der Waals surface area contributed by atoms with Gasteiger partial charge in [0.15, 0.2) is 0 Å². The topological polar surface area (TPSA) is 38.7 Å². The second kappa shape index (κ2) is 6.74. The van der Waals surface area contributed by atoms with Gasteiger partial charge in [-0.2, -0.15) is 0 Å². The highest BCUT2D eigenvalue weighted by Crippen LogP contribution is 2.30. The maximum atomic E-state index is 10.4. The Morgan fingerprint density at radius 3 is 2.76 bits per heavy atom. The monoisotopic (exact) mass is 284 g/mol. The zero-order chi connectivity index (χ0) is 14.5. The number of rotatable bonds is 5. The number of hydrogen-bond acceptors (Lipinski definition) is 3. The molecule has 0 spiro atoms. The zero-order valence-electron chi connectivity index (χ0n) is 11.9. The van der Waals surface area contributed by atoms with E-state index in [2.05, 4.69) is 0 Å². The summed E-state index contributed by atoms with van der Waals surface area (Å²) in [5.41, 5.74) is 2.03. The van der Waals surface area contributed by atoms with Crippen LogP contribution >= 0.6 is 0 Å². The summed E-state index contributed by atoms with van der Waals surface area (Å²) < 4.78 is 11.1. The number of aliphatic hydroxyl groups excluding tert-OH is 1. The van der Waals surface area contributed by atoms with Crippen LogP contribution in [0.4, 0.5) is 0 Å². The maximum absolute atomic E-state index is 10.4. The Morgan fingerprint density at radius 1 is 1.14 bits per heavy atom. The molecule has 21 heavy (non-hydrogen) atoms. The van der Waals surface area contributed by atoms with Gasteiger partial charge < -0.3 is 14.6 Å². The summed E-state index contributed by atoms with van der Waals surface area (Å²) in [5, 5.41) is 10.4. The first kappa shape index (κ1) is 14.1. The molecule has 1 fully saturated rings. The quantitative estimate of drug-likeness (QED) is 0.915. The van der Waals surface area contributed by atoms with Crippen molar-refractivity contribution in [3.63, 3.8) is 0 Å². The van der Waals surface area contributed by atoms with Crippen LogP contribution in [0.3, 0.4) is 0 Å². The van der Waals surface area contributed by atoms with Crippen molar-refractivity contribution < 1.29 is 14.6 Å². The van der Waals surface area contributed by atoms with Gasteiger partial charge in [-0.3, -0.25) is 0 Å². The highest BCUT2D eigenvalue weighted by atomic mass is 16.5. The molecule has 0 aliphatic carbocycles. The lowest BCUT2D eigenvalue weighted by Crippen LogP contribution is -2.12. The first-order chi connectivity index (χ1) is 10.3. The largest absolute Gasteiger partial charge is 0.489 e. The molecule has 3 rings (SSSR count). The average molecular weight is 284 g/mol. The van der Waals surface area contributed by atoms with Gasteiger partial charge in [0, 0.05) is 12.5 Å². The molecule has 1 aliphatic heterocycles. The number of benzene rings is 2. The molecule has 0 aromatic heterocycles. The minimum Gasteiger partial charge on any atom is -0.489 e. The first-order valence-corrected chi connectivity index (χ1v) is 7.35. The highest BCUT2D eigenvalue weighted by molar-refractivity contribution is 5.30. The molecule has 1 N–H and O–H groups in total. The number of hydrogen-bond donors (Lipinski definition) is 1. The van der Waals surface area contributed by atoms with Gasteiger partial charge in [0.05, 0.1) is 12.7 Å². The Balaban J connectivity index is 1.65. The van der Waals surface area contributed by atoms with Crippen molar-refractivity contribution in [2.75, 3.05) is 13.2 Å². The molecule has 0 saturated carbocycles. The van der Waals surface area contributed by atoms with Crippen LogP contribution in [0.25, 0.3) is 0 Å². The Morgan fingerprint density at radius 2 is 2.00 bits per heavy atom. The van der Waals surface area contributed by atoms with Crippen LogP contribution in [0.1, 0.15) is 23.7 Å². The summed E-state index contributed by atoms with van der Waals surface area (Å²) >= 11 is 0. The van der Waals surface area contributed by atoms with Gasteiger partial charge in [0.25, 0.3) is 0 Å². The minimum atomic E-state index is -0.479. The Hall–Kier alpha value is -1.84. The maximum Gasteiger partial charge on any atom is 0.120 e. The molecular weight excluding hydrogens is 264 g/mol. The minimum absolute atomic E-state index is 0.189. The molecule has 3 nitrogen and oxygen atoms in total. The normalized spacial score (nSPS) is 19.4. The Bertz CT molecular complexity index is 562. The van der Waals surface area contributed by atoms with Crippen molar-refractivity contribution in [3.05, 3.63) is 65.7 Å². The third-order valence-corrected chi connectivity index (χ3v) is 3.86. The number of aliphatic hydroxyl groups is 1. The highest BCUT2D eigenvalue weighted by Gasteiger charge is 2.25. The lowest BCUT2D eigenvalue weighted by molar-refractivity contribution is 0.0915. The van der Waals surface area contributed by atoms with Gasteiger partial charge in [-0.15, -0.1) is 0 Å². The molecule has 0 bridgehead atoms. The van der Waals surface area contributed by atoms with Crippen LogP contribution in [0.5, 0.6) is 5.75 Å². The predicted molar refractivity (Wildman–Crippen MR) is 81.1 cm³/mol. The Labute approximate surface area is 125 Å². The molecule has 1 aliphatic rings. The molecule has 2 atom stereocenters. The van der Waals surface area contributed by atoms with Crippen LogP contribution < -0.4 is 4.74 Å². The van der Waals surface area contributed by atoms with E-state index in [1.807, 2.05) is 54.6 Å². The van der Waals surface area contributed by atoms with E-state index < -0.39 is 6.10 Å². The van der Waals surface area contributed by atoms with Crippen LogP contribution in [0.2, 0.25) is 0 Å². The third kappa shape index (κ3) is 3.63. The van der Waals surface area contributed by atoms with Crippen molar-refractivity contribution in [1.29, 1.82) is 0 Å². The van der Waals surface area contributed by atoms with E-state index >= 15 is 0 Å². The molecule has 3 heteroatoms. The van der Waals surface area contributed by atoms with Crippen LogP contribution in [-0.2, 0) is 11.3 Å². The first-order valence-electron chi connectivity index (χ1n) is 7.35. The molecule has 2 unspecified atom stereocenters. The van der Waals surface area contributed by atoms with E-state index in [1.54, 1.807) is 0 Å². The van der Waals surface area contributed by atoms with Gasteiger partial charge in [-0.1, -0.05) is 42.5 Å². The molecule has 0 amide bonds. The average Bonchev–Trinajstić information content (AvgIpc) is 3.08. The summed E-state index contributed by atoms with van der Waals surface area (Å²) in [6, 6.07) is 17.8. The lowest BCUT2D eigenvalue weighted by Gasteiger charge is -2.17. The number of ether oxygens (including phenoxy) is 2. The van der Waals surface area contributed by atoms with E-state index in [1.165, 1.54) is 0 Å². The lowest BCUT2D eigenvalue weighted by atomic mass is 9.95. The molecule has 1 saturated heterocycles. The van der Waals surface area contributed by atoms with Gasteiger partial charge >= 0.3 is 0 Å². The summed E-state index contributed by atoms with van der Waals surface area (Å²) in [5.74, 6) is 0.976.